The summed E-state index contributed by atoms with van der Waals surface area (Å²) in [6.45, 7) is 5.36. The van der Waals surface area contributed by atoms with E-state index in [1.807, 2.05) is 19.2 Å². The number of nitrogens with two attached hydrogens (primary N) is 1. The fourth-order valence-corrected chi connectivity index (χ4v) is 3.23. The maximum Gasteiger partial charge on any atom is 0.226 e. The minimum Gasteiger partial charge on any atom is -0.345 e. The van der Waals surface area contributed by atoms with Crippen LogP contribution in [0.4, 0.5) is 0 Å². The molecule has 1 aromatic carbocycles. The van der Waals surface area contributed by atoms with Gasteiger partial charge in [0.1, 0.15) is 0 Å². The third kappa shape index (κ3) is 3.91. The van der Waals surface area contributed by atoms with E-state index in [1.54, 1.807) is 11.0 Å². The normalized spacial score (nSPS) is 21.2. The summed E-state index contributed by atoms with van der Waals surface area (Å²) >= 11 is 12.1. The molecule has 5 heteroatoms. The van der Waals surface area contributed by atoms with Crippen LogP contribution in [0.1, 0.15) is 31.7 Å². The number of halogens is 2. The molecule has 116 valence electrons. The molecule has 1 aliphatic carbocycles. The van der Waals surface area contributed by atoms with Gasteiger partial charge in [0.2, 0.25) is 5.91 Å². The molecule has 0 aliphatic heterocycles. The Labute approximate surface area is 136 Å². The van der Waals surface area contributed by atoms with E-state index < -0.39 is 0 Å². The number of hydrogen-bond donors (Lipinski definition) is 1. The molecule has 0 heterocycles. The predicted octanol–water partition coefficient (Wildman–Crippen LogP) is 3.54. The molecule has 1 fully saturated rings. The third-order valence-corrected chi connectivity index (χ3v) is 4.63. The monoisotopic (exact) mass is 328 g/mol. The lowest BCUT2D eigenvalue weighted by atomic mass is 9.93. The third-order valence-electron chi connectivity index (χ3n) is 4.06. The van der Waals surface area contributed by atoms with Crippen LogP contribution >= 0.6 is 23.2 Å². The van der Waals surface area contributed by atoms with Crippen molar-refractivity contribution in [2.45, 2.75) is 26.2 Å². The molecular weight excluding hydrogens is 307 g/mol. The molecule has 1 aliphatic rings. The highest BCUT2D eigenvalue weighted by atomic mass is 35.5. The van der Waals surface area contributed by atoms with Gasteiger partial charge >= 0.3 is 0 Å². The van der Waals surface area contributed by atoms with Crippen LogP contribution < -0.4 is 5.73 Å². The Morgan fingerprint density at radius 2 is 2.10 bits per heavy atom. The lowest BCUT2D eigenvalue weighted by Crippen LogP contribution is -2.40. The molecule has 0 bridgehead atoms. The highest BCUT2D eigenvalue weighted by molar-refractivity contribution is 6.35. The SMILES string of the molecule is CN(CC(C)(C)CN)C(=O)C1CC1c1ccc(Cl)cc1Cl. The van der Waals surface area contributed by atoms with Gasteiger partial charge in [0.25, 0.3) is 0 Å². The second-order valence-corrected chi connectivity index (χ2v) is 7.52. The van der Waals surface area contributed by atoms with Gasteiger partial charge in [0.05, 0.1) is 0 Å². The van der Waals surface area contributed by atoms with Crippen molar-refractivity contribution in [1.29, 1.82) is 0 Å². The van der Waals surface area contributed by atoms with Gasteiger partial charge in [-0.3, -0.25) is 4.79 Å². The summed E-state index contributed by atoms with van der Waals surface area (Å²) in [5.41, 5.74) is 6.69. The summed E-state index contributed by atoms with van der Waals surface area (Å²) in [6.07, 6.45) is 0.855. The van der Waals surface area contributed by atoms with Crippen LogP contribution in [0.25, 0.3) is 0 Å². The molecule has 1 amide bonds. The van der Waals surface area contributed by atoms with Gasteiger partial charge in [-0.25, -0.2) is 0 Å². The number of carbonyl (C=O) groups is 1. The lowest BCUT2D eigenvalue weighted by Gasteiger charge is -2.29. The van der Waals surface area contributed by atoms with Crippen molar-refractivity contribution < 1.29 is 4.79 Å². The molecule has 1 aromatic rings. The average molecular weight is 329 g/mol. The fourth-order valence-electron chi connectivity index (χ4n) is 2.68. The molecule has 2 unspecified atom stereocenters. The molecular formula is C16H22Cl2N2O. The Bertz CT molecular complexity index is 545. The number of carbonyl (C=O) groups excluding carboxylic acids is 1. The maximum atomic E-state index is 12.5. The van der Waals surface area contributed by atoms with Gasteiger partial charge < -0.3 is 10.6 Å². The van der Waals surface area contributed by atoms with E-state index in [4.69, 9.17) is 28.9 Å². The van der Waals surface area contributed by atoms with Crippen LogP contribution in [0.3, 0.4) is 0 Å². The van der Waals surface area contributed by atoms with Gasteiger partial charge in [-0.2, -0.15) is 0 Å². The highest BCUT2D eigenvalue weighted by Gasteiger charge is 2.46. The summed E-state index contributed by atoms with van der Waals surface area (Å²) in [4.78, 5) is 14.3. The van der Waals surface area contributed by atoms with Crippen LogP contribution in [0.5, 0.6) is 0 Å². The Kier molecular flexibility index (Phi) is 4.86. The van der Waals surface area contributed by atoms with E-state index in [-0.39, 0.29) is 23.2 Å². The summed E-state index contributed by atoms with van der Waals surface area (Å²) < 4.78 is 0. The van der Waals surface area contributed by atoms with E-state index in [0.29, 0.717) is 23.1 Å². The summed E-state index contributed by atoms with van der Waals surface area (Å²) in [7, 11) is 1.85. The first kappa shape index (κ1) is 16.6. The number of nitrogens with zero attached hydrogens (tertiary/aromatic N) is 1. The fraction of sp³-hybridized carbons (Fsp3) is 0.562. The first-order valence-electron chi connectivity index (χ1n) is 7.15. The van der Waals surface area contributed by atoms with Crippen molar-refractivity contribution in [3.05, 3.63) is 33.8 Å². The van der Waals surface area contributed by atoms with E-state index in [9.17, 15) is 4.79 Å². The predicted molar refractivity (Wildman–Crippen MR) is 87.8 cm³/mol. The zero-order valence-corrected chi connectivity index (χ0v) is 14.2. The summed E-state index contributed by atoms with van der Waals surface area (Å²) in [6, 6.07) is 5.48. The van der Waals surface area contributed by atoms with Crippen LogP contribution in [0.15, 0.2) is 18.2 Å². The smallest absolute Gasteiger partial charge is 0.226 e. The van der Waals surface area contributed by atoms with E-state index in [2.05, 4.69) is 13.8 Å². The molecule has 2 rings (SSSR count). The van der Waals surface area contributed by atoms with Crippen LogP contribution in [-0.2, 0) is 4.79 Å². The molecule has 0 aromatic heterocycles. The average Bonchev–Trinajstić information content (AvgIpc) is 3.17. The summed E-state index contributed by atoms with van der Waals surface area (Å²) in [5.74, 6) is 0.417. The Morgan fingerprint density at radius 3 is 2.67 bits per heavy atom. The van der Waals surface area contributed by atoms with Crippen LogP contribution in [0.2, 0.25) is 10.0 Å². The van der Waals surface area contributed by atoms with Crippen LogP contribution in [0, 0.1) is 11.3 Å². The van der Waals surface area contributed by atoms with Crippen molar-refractivity contribution >= 4 is 29.1 Å². The molecule has 1 saturated carbocycles. The molecule has 0 spiro atoms. The lowest BCUT2D eigenvalue weighted by molar-refractivity contribution is -0.132. The van der Waals surface area contributed by atoms with Crippen molar-refractivity contribution in [3.63, 3.8) is 0 Å². The van der Waals surface area contributed by atoms with Crippen molar-refractivity contribution in [2.24, 2.45) is 17.1 Å². The zero-order chi connectivity index (χ0) is 15.8. The van der Waals surface area contributed by atoms with Gasteiger partial charge in [0.15, 0.2) is 0 Å². The molecule has 3 nitrogen and oxygen atoms in total. The maximum absolute atomic E-state index is 12.5. The Morgan fingerprint density at radius 1 is 1.43 bits per heavy atom. The first-order valence-corrected chi connectivity index (χ1v) is 7.91. The number of benzene rings is 1. The van der Waals surface area contributed by atoms with Gasteiger partial charge in [-0.1, -0.05) is 43.1 Å². The number of rotatable bonds is 5. The second-order valence-electron chi connectivity index (χ2n) is 6.68. The van der Waals surface area contributed by atoms with E-state index in [0.717, 1.165) is 12.0 Å². The Balaban J connectivity index is 2.01. The first-order chi connectivity index (χ1) is 9.75. The van der Waals surface area contributed by atoms with Gasteiger partial charge in [-0.15, -0.1) is 0 Å². The Hall–Kier alpha value is -0.770. The molecule has 2 atom stereocenters. The highest BCUT2D eigenvalue weighted by Crippen LogP contribution is 2.50. The molecule has 21 heavy (non-hydrogen) atoms. The minimum atomic E-state index is -0.0628. The molecule has 0 radical (unpaired) electrons. The summed E-state index contributed by atoms with van der Waals surface area (Å²) in [5, 5.41) is 1.27. The molecule has 0 saturated heterocycles. The second kappa shape index (κ2) is 6.15. The quantitative estimate of drug-likeness (QED) is 0.898. The van der Waals surface area contributed by atoms with Crippen molar-refractivity contribution in [3.8, 4) is 0 Å². The standard InChI is InChI=1S/C16H22Cl2N2O/c1-16(2,8-19)9-20(3)15(21)13-7-12(13)11-5-4-10(17)6-14(11)18/h4-6,12-13H,7-9,19H2,1-3H3. The topological polar surface area (TPSA) is 46.3 Å². The van der Waals surface area contributed by atoms with E-state index >= 15 is 0 Å². The van der Waals surface area contributed by atoms with Crippen molar-refractivity contribution in [1.82, 2.24) is 4.90 Å². The molecule has 2 N–H and O–H groups in total. The van der Waals surface area contributed by atoms with Crippen molar-refractivity contribution in [2.75, 3.05) is 20.1 Å². The largest absolute Gasteiger partial charge is 0.345 e. The minimum absolute atomic E-state index is 0.0299. The number of amides is 1. The zero-order valence-electron chi connectivity index (χ0n) is 12.7. The van der Waals surface area contributed by atoms with Gasteiger partial charge in [0, 0.05) is 29.6 Å². The van der Waals surface area contributed by atoms with Crippen LogP contribution in [-0.4, -0.2) is 30.9 Å². The van der Waals surface area contributed by atoms with E-state index in [1.165, 1.54) is 0 Å². The van der Waals surface area contributed by atoms with Gasteiger partial charge in [-0.05, 0) is 42.0 Å². The number of hydrogen-bond acceptors (Lipinski definition) is 2.